The van der Waals surface area contributed by atoms with Gasteiger partial charge in [-0.2, -0.15) is 13.8 Å². The van der Waals surface area contributed by atoms with Gasteiger partial charge >= 0.3 is 0 Å². The van der Waals surface area contributed by atoms with E-state index >= 15 is 0 Å². The normalized spacial score (nSPS) is 11.1. The van der Waals surface area contributed by atoms with Crippen LogP contribution in [-0.4, -0.2) is 23.7 Å². The molecule has 0 amide bonds. The Morgan fingerprint density at radius 1 is 1.31 bits per heavy atom. The van der Waals surface area contributed by atoms with Crippen LogP contribution >= 0.6 is 23.3 Å². The predicted octanol–water partition coefficient (Wildman–Crippen LogP) is 1.51. The summed E-state index contributed by atoms with van der Waals surface area (Å²) in [5.74, 6) is 0.330. The molecule has 0 radical (unpaired) electrons. The number of aromatic nitrogens is 5. The van der Waals surface area contributed by atoms with Gasteiger partial charge in [0.15, 0.2) is 5.82 Å². The fraction of sp³-hybridized carbons (Fsp3) is 0. The maximum atomic E-state index is 6.10. The third-order valence-electron chi connectivity index (χ3n) is 2.06. The van der Waals surface area contributed by atoms with Gasteiger partial charge in [0.25, 0.3) is 0 Å². The van der Waals surface area contributed by atoms with Crippen molar-refractivity contribution in [2.24, 2.45) is 0 Å². The van der Waals surface area contributed by atoms with Gasteiger partial charge in [-0.15, -0.1) is 9.90 Å². The second-order valence-corrected chi connectivity index (χ2v) is 4.02. The zero-order valence-corrected chi connectivity index (χ0v) is 9.40. The van der Waals surface area contributed by atoms with E-state index in [9.17, 15) is 0 Å². The van der Waals surface area contributed by atoms with Gasteiger partial charge in [-0.25, -0.2) is 0 Å². The van der Waals surface area contributed by atoms with E-state index in [0.717, 1.165) is 17.2 Å². The van der Waals surface area contributed by atoms with E-state index in [2.05, 4.69) is 18.9 Å². The Kier molecular flexibility index (Phi) is 2.01. The number of hydrogen-bond donors (Lipinski definition) is 1. The Morgan fingerprint density at radius 3 is 2.94 bits per heavy atom. The van der Waals surface area contributed by atoms with E-state index in [1.165, 1.54) is 11.0 Å². The number of rotatable bonds is 1. The van der Waals surface area contributed by atoms with Crippen molar-refractivity contribution >= 4 is 40.2 Å². The summed E-state index contributed by atoms with van der Waals surface area (Å²) in [4.78, 5) is 1.36. The van der Waals surface area contributed by atoms with E-state index < -0.39 is 0 Å². The highest BCUT2D eigenvalue weighted by Gasteiger charge is 2.13. The van der Waals surface area contributed by atoms with Gasteiger partial charge in [-0.3, -0.25) is 0 Å². The molecule has 0 spiro atoms. The number of halogens is 1. The standard InChI is InChI=1S/C8H5ClN6S/c9-4-1-2-5-7(14-16-13-5)8(4)15-11-3-6(10)12-15/h1-3H,(H2,10,12). The average Bonchev–Trinajstić information content (AvgIpc) is 2.86. The molecule has 3 aromatic rings. The number of fused-ring (bicyclic) bond motifs is 1. The number of anilines is 1. The molecule has 2 heterocycles. The van der Waals surface area contributed by atoms with Crippen molar-refractivity contribution in [3.8, 4) is 5.69 Å². The quantitative estimate of drug-likeness (QED) is 0.710. The Hall–Kier alpha value is -1.73. The van der Waals surface area contributed by atoms with E-state index in [4.69, 9.17) is 17.3 Å². The molecule has 0 unspecified atom stereocenters. The molecule has 0 saturated heterocycles. The highest BCUT2D eigenvalue weighted by Crippen LogP contribution is 2.27. The van der Waals surface area contributed by atoms with E-state index in [1.807, 2.05) is 0 Å². The minimum Gasteiger partial charge on any atom is -0.381 e. The van der Waals surface area contributed by atoms with Crippen LogP contribution in [0.15, 0.2) is 18.3 Å². The van der Waals surface area contributed by atoms with E-state index in [1.54, 1.807) is 12.1 Å². The molecule has 0 aliphatic rings. The molecule has 2 aromatic heterocycles. The second-order valence-electron chi connectivity index (χ2n) is 3.09. The monoisotopic (exact) mass is 252 g/mol. The summed E-state index contributed by atoms with van der Waals surface area (Å²) in [7, 11) is 0. The maximum absolute atomic E-state index is 6.10. The van der Waals surface area contributed by atoms with Crippen molar-refractivity contribution in [3.63, 3.8) is 0 Å². The fourth-order valence-corrected chi connectivity index (χ4v) is 2.15. The summed E-state index contributed by atoms with van der Waals surface area (Å²) in [6, 6.07) is 3.54. The molecule has 0 aliphatic heterocycles. The van der Waals surface area contributed by atoms with Gasteiger partial charge < -0.3 is 5.73 Å². The van der Waals surface area contributed by atoms with E-state index in [-0.39, 0.29) is 0 Å². The first-order chi connectivity index (χ1) is 7.75. The third kappa shape index (κ3) is 1.33. The van der Waals surface area contributed by atoms with Gasteiger partial charge in [0.1, 0.15) is 16.7 Å². The average molecular weight is 253 g/mol. The lowest BCUT2D eigenvalue weighted by Gasteiger charge is -2.02. The molecule has 1 aromatic carbocycles. The van der Waals surface area contributed by atoms with Gasteiger partial charge in [-0.1, -0.05) is 11.6 Å². The summed E-state index contributed by atoms with van der Waals surface area (Å²) in [5.41, 5.74) is 7.55. The van der Waals surface area contributed by atoms with Crippen LogP contribution in [-0.2, 0) is 0 Å². The molecule has 16 heavy (non-hydrogen) atoms. The van der Waals surface area contributed by atoms with Crippen LogP contribution < -0.4 is 5.73 Å². The predicted molar refractivity (Wildman–Crippen MR) is 61.8 cm³/mol. The highest BCUT2D eigenvalue weighted by molar-refractivity contribution is 7.00. The summed E-state index contributed by atoms with van der Waals surface area (Å²) in [6.07, 6.45) is 1.45. The van der Waals surface area contributed by atoms with Crippen LogP contribution in [0.4, 0.5) is 5.82 Å². The van der Waals surface area contributed by atoms with Crippen LogP contribution in [0.5, 0.6) is 0 Å². The molecule has 0 bridgehead atoms. The van der Waals surface area contributed by atoms with Gasteiger partial charge in [0, 0.05) is 0 Å². The first kappa shape index (κ1) is 9.49. The summed E-state index contributed by atoms with van der Waals surface area (Å²) >= 11 is 7.22. The fourth-order valence-electron chi connectivity index (χ4n) is 1.39. The van der Waals surface area contributed by atoms with Crippen LogP contribution in [0, 0.1) is 0 Å². The number of nitrogen functional groups attached to an aromatic ring is 1. The first-order valence-corrected chi connectivity index (χ1v) is 5.45. The van der Waals surface area contributed by atoms with Crippen molar-refractivity contribution < 1.29 is 0 Å². The SMILES string of the molecule is Nc1cnn(-c2c(Cl)ccc3nsnc23)n1. The lowest BCUT2D eigenvalue weighted by atomic mass is 10.3. The zero-order valence-electron chi connectivity index (χ0n) is 7.83. The summed E-state index contributed by atoms with van der Waals surface area (Å²) in [6.45, 7) is 0. The Balaban J connectivity index is 2.36. The van der Waals surface area contributed by atoms with Crippen molar-refractivity contribution in [2.75, 3.05) is 5.73 Å². The molecule has 3 rings (SSSR count). The van der Waals surface area contributed by atoms with Crippen LogP contribution in [0.25, 0.3) is 16.7 Å². The number of hydrogen-bond acceptors (Lipinski definition) is 6. The highest BCUT2D eigenvalue weighted by atomic mass is 35.5. The minimum atomic E-state index is 0.330. The maximum Gasteiger partial charge on any atom is 0.166 e. The smallest absolute Gasteiger partial charge is 0.166 e. The lowest BCUT2D eigenvalue weighted by molar-refractivity contribution is 0.759. The Labute approximate surface area is 99.0 Å². The zero-order chi connectivity index (χ0) is 11.1. The van der Waals surface area contributed by atoms with Crippen molar-refractivity contribution in [3.05, 3.63) is 23.4 Å². The summed E-state index contributed by atoms with van der Waals surface area (Å²) < 4.78 is 8.29. The van der Waals surface area contributed by atoms with Gasteiger partial charge in [0.2, 0.25) is 0 Å². The minimum absolute atomic E-state index is 0.330. The number of nitrogens with two attached hydrogens (primary N) is 1. The van der Waals surface area contributed by atoms with Crippen molar-refractivity contribution in [2.45, 2.75) is 0 Å². The van der Waals surface area contributed by atoms with Crippen molar-refractivity contribution in [1.29, 1.82) is 0 Å². The molecular weight excluding hydrogens is 248 g/mol. The van der Waals surface area contributed by atoms with Crippen LogP contribution in [0.2, 0.25) is 5.02 Å². The van der Waals surface area contributed by atoms with Gasteiger partial charge in [0.05, 0.1) is 22.9 Å². The lowest BCUT2D eigenvalue weighted by Crippen LogP contribution is -2.01. The number of benzene rings is 1. The van der Waals surface area contributed by atoms with E-state index in [0.29, 0.717) is 22.0 Å². The number of nitrogens with zero attached hydrogens (tertiary/aromatic N) is 5. The molecule has 80 valence electrons. The van der Waals surface area contributed by atoms with Crippen molar-refractivity contribution in [1.82, 2.24) is 23.7 Å². The second kappa shape index (κ2) is 3.39. The Morgan fingerprint density at radius 2 is 2.19 bits per heavy atom. The molecule has 6 nitrogen and oxygen atoms in total. The molecule has 2 N–H and O–H groups in total. The molecule has 0 fully saturated rings. The third-order valence-corrected chi connectivity index (χ3v) is 2.91. The van der Waals surface area contributed by atoms with Crippen LogP contribution in [0.1, 0.15) is 0 Å². The Bertz CT molecular complexity index is 659. The topological polar surface area (TPSA) is 82.5 Å². The summed E-state index contributed by atoms with van der Waals surface area (Å²) in [5, 5.41) is 8.53. The molecule has 0 atom stereocenters. The molecular formula is C8H5ClN6S. The first-order valence-electron chi connectivity index (χ1n) is 4.34. The van der Waals surface area contributed by atoms with Gasteiger partial charge in [-0.05, 0) is 12.1 Å². The van der Waals surface area contributed by atoms with Crippen LogP contribution in [0.3, 0.4) is 0 Å². The molecule has 0 aliphatic carbocycles. The largest absolute Gasteiger partial charge is 0.381 e. The molecule has 8 heteroatoms. The molecule has 0 saturated carbocycles.